The maximum Gasteiger partial charge on any atom is 0.138 e. The highest BCUT2D eigenvalue weighted by atomic mass is 16.3. The lowest BCUT2D eigenvalue weighted by molar-refractivity contribution is 0.174. The highest BCUT2D eigenvalue weighted by molar-refractivity contribution is 5.23. The predicted molar refractivity (Wildman–Crippen MR) is 70.2 cm³/mol. The number of aliphatic hydroxyl groups is 1. The van der Waals surface area contributed by atoms with Crippen molar-refractivity contribution in [2.75, 3.05) is 0 Å². The lowest BCUT2D eigenvalue weighted by Crippen LogP contribution is -2.10. The van der Waals surface area contributed by atoms with Crippen LogP contribution in [0.25, 0.3) is 0 Å². The Labute approximate surface area is 107 Å². The normalized spacial score (nSPS) is 12.6. The Kier molecular flexibility index (Phi) is 4.10. The first kappa shape index (κ1) is 12.8. The molecule has 0 radical (unpaired) electrons. The van der Waals surface area contributed by atoms with E-state index in [0.717, 1.165) is 24.4 Å². The van der Waals surface area contributed by atoms with Crippen molar-refractivity contribution >= 4 is 0 Å². The summed E-state index contributed by atoms with van der Waals surface area (Å²) < 4.78 is 1.86. The molecule has 0 aliphatic carbocycles. The summed E-state index contributed by atoms with van der Waals surface area (Å²) in [6.07, 6.45) is 2.54. The SMILES string of the molecule is CCCn1ncnc1CC(O)c1ccc(C)cc1. The van der Waals surface area contributed by atoms with Crippen molar-refractivity contribution in [3.05, 3.63) is 47.5 Å². The van der Waals surface area contributed by atoms with Gasteiger partial charge in [0.2, 0.25) is 0 Å². The van der Waals surface area contributed by atoms with Crippen molar-refractivity contribution in [3.63, 3.8) is 0 Å². The molecule has 4 nitrogen and oxygen atoms in total. The van der Waals surface area contributed by atoms with Gasteiger partial charge in [-0.15, -0.1) is 0 Å². The number of aryl methyl sites for hydroxylation is 2. The Morgan fingerprint density at radius 1 is 1.28 bits per heavy atom. The molecule has 0 amide bonds. The zero-order valence-electron chi connectivity index (χ0n) is 10.9. The molecular weight excluding hydrogens is 226 g/mol. The maximum absolute atomic E-state index is 10.2. The van der Waals surface area contributed by atoms with E-state index in [1.54, 1.807) is 6.33 Å². The van der Waals surface area contributed by atoms with Crippen LogP contribution < -0.4 is 0 Å². The number of benzene rings is 1. The first-order valence-electron chi connectivity index (χ1n) is 6.32. The fourth-order valence-corrected chi connectivity index (χ4v) is 1.92. The Hall–Kier alpha value is -1.68. The molecule has 1 N–H and O–H groups in total. The highest BCUT2D eigenvalue weighted by Gasteiger charge is 2.12. The molecule has 0 spiro atoms. The fourth-order valence-electron chi connectivity index (χ4n) is 1.92. The Morgan fingerprint density at radius 3 is 2.67 bits per heavy atom. The predicted octanol–water partition coefficient (Wildman–Crippen LogP) is 2.27. The van der Waals surface area contributed by atoms with Gasteiger partial charge in [-0.05, 0) is 18.9 Å². The Bertz CT molecular complexity index is 490. The lowest BCUT2D eigenvalue weighted by atomic mass is 10.0. The lowest BCUT2D eigenvalue weighted by Gasteiger charge is -2.11. The van der Waals surface area contributed by atoms with E-state index in [0.29, 0.717) is 6.42 Å². The molecule has 1 atom stereocenters. The van der Waals surface area contributed by atoms with Gasteiger partial charge in [-0.25, -0.2) is 4.98 Å². The molecule has 4 heteroatoms. The second kappa shape index (κ2) is 5.78. The van der Waals surface area contributed by atoms with Gasteiger partial charge in [-0.3, -0.25) is 4.68 Å². The van der Waals surface area contributed by atoms with Crippen molar-refractivity contribution in [1.82, 2.24) is 14.8 Å². The van der Waals surface area contributed by atoms with Crippen LogP contribution in [0.5, 0.6) is 0 Å². The zero-order chi connectivity index (χ0) is 13.0. The van der Waals surface area contributed by atoms with E-state index in [1.165, 1.54) is 5.56 Å². The van der Waals surface area contributed by atoms with Gasteiger partial charge in [0.1, 0.15) is 12.2 Å². The van der Waals surface area contributed by atoms with E-state index in [2.05, 4.69) is 17.0 Å². The summed E-state index contributed by atoms with van der Waals surface area (Å²) in [5.74, 6) is 0.838. The molecule has 2 rings (SSSR count). The van der Waals surface area contributed by atoms with E-state index in [4.69, 9.17) is 0 Å². The average Bonchev–Trinajstić information content (AvgIpc) is 2.78. The third-order valence-electron chi connectivity index (χ3n) is 2.97. The Balaban J connectivity index is 2.08. The standard InChI is InChI=1S/C14H19N3O/c1-3-8-17-14(15-10-16-17)9-13(18)12-6-4-11(2)5-7-12/h4-7,10,13,18H,3,8-9H2,1-2H3. The van der Waals surface area contributed by atoms with Crippen molar-refractivity contribution in [1.29, 1.82) is 0 Å². The van der Waals surface area contributed by atoms with Gasteiger partial charge in [0, 0.05) is 13.0 Å². The van der Waals surface area contributed by atoms with E-state index in [1.807, 2.05) is 35.9 Å². The second-order valence-corrected chi connectivity index (χ2v) is 4.53. The monoisotopic (exact) mass is 245 g/mol. The number of aromatic nitrogens is 3. The van der Waals surface area contributed by atoms with Crippen molar-refractivity contribution in [2.24, 2.45) is 0 Å². The van der Waals surface area contributed by atoms with Crippen LogP contribution >= 0.6 is 0 Å². The smallest absolute Gasteiger partial charge is 0.138 e. The van der Waals surface area contributed by atoms with Gasteiger partial charge in [0.15, 0.2) is 0 Å². The molecule has 1 aromatic heterocycles. The summed E-state index contributed by atoms with van der Waals surface area (Å²) in [4.78, 5) is 4.21. The van der Waals surface area contributed by atoms with E-state index in [9.17, 15) is 5.11 Å². The summed E-state index contributed by atoms with van der Waals surface area (Å²) in [5.41, 5.74) is 2.12. The molecule has 0 aliphatic rings. The minimum atomic E-state index is -0.523. The van der Waals surface area contributed by atoms with Crippen molar-refractivity contribution < 1.29 is 5.11 Å². The number of nitrogens with zero attached hydrogens (tertiary/aromatic N) is 3. The molecule has 1 heterocycles. The summed E-state index contributed by atoms with van der Waals surface area (Å²) in [6, 6.07) is 7.94. The van der Waals surface area contributed by atoms with Gasteiger partial charge >= 0.3 is 0 Å². The molecule has 0 bridgehead atoms. The van der Waals surface area contributed by atoms with Crippen LogP contribution in [-0.2, 0) is 13.0 Å². The fraction of sp³-hybridized carbons (Fsp3) is 0.429. The molecule has 0 saturated heterocycles. The van der Waals surface area contributed by atoms with Gasteiger partial charge < -0.3 is 5.11 Å². The number of rotatable bonds is 5. The summed E-state index contributed by atoms with van der Waals surface area (Å²) in [7, 11) is 0. The number of hydrogen-bond acceptors (Lipinski definition) is 3. The van der Waals surface area contributed by atoms with Crippen LogP contribution in [0, 0.1) is 6.92 Å². The highest BCUT2D eigenvalue weighted by Crippen LogP contribution is 2.17. The van der Waals surface area contributed by atoms with Crippen LogP contribution in [0.3, 0.4) is 0 Å². The molecule has 0 saturated carbocycles. The second-order valence-electron chi connectivity index (χ2n) is 4.53. The van der Waals surface area contributed by atoms with Gasteiger partial charge in [0.05, 0.1) is 6.10 Å². The largest absolute Gasteiger partial charge is 0.388 e. The summed E-state index contributed by atoms with van der Waals surface area (Å²) >= 11 is 0. The first-order chi connectivity index (χ1) is 8.70. The summed E-state index contributed by atoms with van der Waals surface area (Å²) in [6.45, 7) is 4.98. The van der Waals surface area contributed by atoms with E-state index < -0.39 is 6.10 Å². The minimum absolute atomic E-state index is 0.503. The van der Waals surface area contributed by atoms with Crippen LogP contribution in [0.15, 0.2) is 30.6 Å². The van der Waals surface area contributed by atoms with E-state index >= 15 is 0 Å². The maximum atomic E-state index is 10.2. The summed E-state index contributed by atoms with van der Waals surface area (Å²) in [5, 5.41) is 14.4. The Morgan fingerprint density at radius 2 is 2.00 bits per heavy atom. The molecule has 1 unspecified atom stereocenters. The van der Waals surface area contributed by atoms with Crippen molar-refractivity contribution in [3.8, 4) is 0 Å². The quantitative estimate of drug-likeness (QED) is 0.879. The van der Waals surface area contributed by atoms with Crippen LogP contribution in [-0.4, -0.2) is 19.9 Å². The molecule has 96 valence electrons. The van der Waals surface area contributed by atoms with Gasteiger partial charge in [0.25, 0.3) is 0 Å². The number of aliphatic hydroxyl groups excluding tert-OH is 1. The molecule has 18 heavy (non-hydrogen) atoms. The van der Waals surface area contributed by atoms with Crippen LogP contribution in [0.2, 0.25) is 0 Å². The topological polar surface area (TPSA) is 50.9 Å². The first-order valence-corrected chi connectivity index (χ1v) is 6.32. The van der Waals surface area contributed by atoms with Gasteiger partial charge in [-0.1, -0.05) is 36.8 Å². The third kappa shape index (κ3) is 2.96. The molecular formula is C14H19N3O. The van der Waals surface area contributed by atoms with Gasteiger partial charge in [-0.2, -0.15) is 5.10 Å². The van der Waals surface area contributed by atoms with Crippen LogP contribution in [0.4, 0.5) is 0 Å². The zero-order valence-corrected chi connectivity index (χ0v) is 10.9. The van der Waals surface area contributed by atoms with Crippen molar-refractivity contribution in [2.45, 2.75) is 39.3 Å². The minimum Gasteiger partial charge on any atom is -0.388 e. The van der Waals surface area contributed by atoms with Crippen LogP contribution in [0.1, 0.15) is 36.4 Å². The molecule has 0 aliphatic heterocycles. The molecule has 1 aromatic carbocycles. The molecule has 0 fully saturated rings. The average molecular weight is 245 g/mol. The molecule has 2 aromatic rings. The van der Waals surface area contributed by atoms with E-state index in [-0.39, 0.29) is 0 Å². The number of hydrogen-bond donors (Lipinski definition) is 1. The third-order valence-corrected chi connectivity index (χ3v) is 2.97.